The van der Waals surface area contributed by atoms with Crippen LogP contribution in [0.5, 0.6) is 0 Å². The van der Waals surface area contributed by atoms with Crippen molar-refractivity contribution in [3.8, 4) is 0 Å². The zero-order valence-electron chi connectivity index (χ0n) is 11.8. The molecular formula is C16H16F2N2O. The average Bonchev–Trinajstić information content (AvgIpc) is 2.44. The van der Waals surface area contributed by atoms with E-state index in [1.807, 2.05) is 26.0 Å². The Hall–Kier alpha value is -2.43. The molecule has 0 saturated heterocycles. The van der Waals surface area contributed by atoms with Crippen LogP contribution in [0.15, 0.2) is 36.4 Å². The lowest BCUT2D eigenvalue weighted by molar-refractivity contribution is -0.114. The van der Waals surface area contributed by atoms with Gasteiger partial charge in [0.1, 0.15) is 11.6 Å². The van der Waals surface area contributed by atoms with Crippen LogP contribution in [-0.2, 0) is 4.79 Å². The third-order valence-electron chi connectivity index (χ3n) is 3.16. The van der Waals surface area contributed by atoms with Crippen molar-refractivity contribution in [2.75, 3.05) is 17.2 Å². The molecule has 1 amide bonds. The molecule has 0 aliphatic rings. The van der Waals surface area contributed by atoms with Crippen molar-refractivity contribution in [1.82, 2.24) is 0 Å². The molecule has 0 atom stereocenters. The van der Waals surface area contributed by atoms with Gasteiger partial charge < -0.3 is 10.6 Å². The minimum atomic E-state index is -0.601. The van der Waals surface area contributed by atoms with Crippen LogP contribution >= 0.6 is 0 Å². The number of hydrogen-bond acceptors (Lipinski definition) is 2. The van der Waals surface area contributed by atoms with Gasteiger partial charge in [0.25, 0.3) is 0 Å². The number of carbonyl (C=O) groups excluding carboxylic acids is 1. The monoisotopic (exact) mass is 290 g/mol. The predicted octanol–water partition coefficient (Wildman–Crippen LogP) is 3.63. The van der Waals surface area contributed by atoms with Crippen LogP contribution in [0.3, 0.4) is 0 Å². The van der Waals surface area contributed by atoms with E-state index < -0.39 is 11.6 Å². The van der Waals surface area contributed by atoms with Crippen LogP contribution in [0.4, 0.5) is 20.2 Å². The Bertz CT molecular complexity index is 671. The van der Waals surface area contributed by atoms with E-state index >= 15 is 0 Å². The maximum Gasteiger partial charge on any atom is 0.243 e. The fourth-order valence-electron chi connectivity index (χ4n) is 1.83. The summed E-state index contributed by atoms with van der Waals surface area (Å²) in [7, 11) is 0. The number of hydrogen-bond donors (Lipinski definition) is 2. The maximum atomic E-state index is 13.4. The molecule has 110 valence electrons. The summed E-state index contributed by atoms with van der Waals surface area (Å²) in [4.78, 5) is 11.8. The number of rotatable bonds is 4. The number of nitrogens with one attached hydrogen (secondary N) is 2. The van der Waals surface area contributed by atoms with Crippen molar-refractivity contribution in [2.24, 2.45) is 0 Å². The minimum absolute atomic E-state index is 0.0368. The van der Waals surface area contributed by atoms with E-state index in [1.54, 1.807) is 6.07 Å². The third-order valence-corrected chi connectivity index (χ3v) is 3.16. The summed E-state index contributed by atoms with van der Waals surface area (Å²) < 4.78 is 26.4. The van der Waals surface area contributed by atoms with Crippen molar-refractivity contribution in [3.05, 3.63) is 59.2 Å². The molecule has 3 nitrogen and oxygen atoms in total. The molecule has 0 aliphatic heterocycles. The number of benzene rings is 2. The van der Waals surface area contributed by atoms with E-state index in [4.69, 9.17) is 0 Å². The number of aryl methyl sites for hydroxylation is 2. The molecule has 5 heteroatoms. The van der Waals surface area contributed by atoms with E-state index in [0.717, 1.165) is 29.3 Å². The zero-order chi connectivity index (χ0) is 15.4. The second kappa shape index (κ2) is 6.35. The Morgan fingerprint density at radius 2 is 1.81 bits per heavy atom. The number of halogens is 2. The van der Waals surface area contributed by atoms with Gasteiger partial charge in [0.15, 0.2) is 0 Å². The van der Waals surface area contributed by atoms with Crippen molar-refractivity contribution in [1.29, 1.82) is 0 Å². The van der Waals surface area contributed by atoms with E-state index in [-0.39, 0.29) is 18.1 Å². The van der Waals surface area contributed by atoms with E-state index in [1.165, 1.54) is 0 Å². The van der Waals surface area contributed by atoms with Crippen molar-refractivity contribution >= 4 is 17.3 Å². The first-order valence-corrected chi connectivity index (χ1v) is 6.52. The molecule has 0 aromatic heterocycles. The van der Waals surface area contributed by atoms with Crippen LogP contribution < -0.4 is 10.6 Å². The number of carbonyl (C=O) groups is 1. The van der Waals surface area contributed by atoms with Gasteiger partial charge in [-0.15, -0.1) is 0 Å². The highest BCUT2D eigenvalue weighted by Gasteiger charge is 2.07. The third kappa shape index (κ3) is 4.02. The minimum Gasteiger partial charge on any atom is -0.374 e. The molecule has 0 spiro atoms. The first-order chi connectivity index (χ1) is 9.95. The Morgan fingerprint density at radius 1 is 1.05 bits per heavy atom. The van der Waals surface area contributed by atoms with Crippen molar-refractivity contribution in [2.45, 2.75) is 13.8 Å². The Kier molecular flexibility index (Phi) is 4.52. The Labute approximate surface area is 122 Å². The fourth-order valence-corrected chi connectivity index (χ4v) is 1.83. The lowest BCUT2D eigenvalue weighted by Crippen LogP contribution is -2.22. The topological polar surface area (TPSA) is 41.1 Å². The van der Waals surface area contributed by atoms with Crippen LogP contribution in [0.1, 0.15) is 11.1 Å². The fraction of sp³-hybridized carbons (Fsp3) is 0.188. The molecule has 0 fully saturated rings. The van der Waals surface area contributed by atoms with Gasteiger partial charge in [-0.25, -0.2) is 8.78 Å². The summed E-state index contributed by atoms with van der Waals surface area (Å²) in [6.07, 6.45) is 0. The molecule has 2 aromatic carbocycles. The normalized spacial score (nSPS) is 10.3. The smallest absolute Gasteiger partial charge is 0.243 e. The molecule has 2 rings (SSSR count). The summed E-state index contributed by atoms with van der Waals surface area (Å²) in [5.41, 5.74) is 2.83. The van der Waals surface area contributed by atoms with Gasteiger partial charge in [-0.3, -0.25) is 4.79 Å². The van der Waals surface area contributed by atoms with Gasteiger partial charge >= 0.3 is 0 Å². The molecular weight excluding hydrogens is 274 g/mol. The Morgan fingerprint density at radius 3 is 2.52 bits per heavy atom. The van der Waals surface area contributed by atoms with Crippen LogP contribution in [-0.4, -0.2) is 12.5 Å². The van der Waals surface area contributed by atoms with Crippen molar-refractivity contribution < 1.29 is 13.6 Å². The van der Waals surface area contributed by atoms with E-state index in [2.05, 4.69) is 10.6 Å². The van der Waals surface area contributed by atoms with Crippen LogP contribution in [0, 0.1) is 25.5 Å². The summed E-state index contributed by atoms with van der Waals surface area (Å²) in [5.74, 6) is -1.49. The summed E-state index contributed by atoms with van der Waals surface area (Å²) in [5, 5.41) is 5.27. The summed E-state index contributed by atoms with van der Waals surface area (Å²) in [6, 6.07) is 8.61. The van der Waals surface area contributed by atoms with Gasteiger partial charge in [0, 0.05) is 5.69 Å². The van der Waals surface area contributed by atoms with E-state index in [9.17, 15) is 13.6 Å². The first-order valence-electron chi connectivity index (χ1n) is 6.52. The molecule has 2 aromatic rings. The second-order valence-corrected chi connectivity index (χ2v) is 4.82. The maximum absolute atomic E-state index is 13.4. The quantitative estimate of drug-likeness (QED) is 0.902. The largest absolute Gasteiger partial charge is 0.374 e. The van der Waals surface area contributed by atoms with Crippen LogP contribution in [0.2, 0.25) is 0 Å². The SMILES string of the molecule is Cc1ccc(NC(=O)CNc2cc(F)ccc2F)cc1C. The molecule has 0 aliphatic carbocycles. The van der Waals surface area contributed by atoms with Gasteiger partial charge in [-0.1, -0.05) is 6.07 Å². The molecule has 2 N–H and O–H groups in total. The molecule has 0 heterocycles. The van der Waals surface area contributed by atoms with E-state index in [0.29, 0.717) is 5.69 Å². The number of amides is 1. The predicted molar refractivity (Wildman–Crippen MR) is 79.4 cm³/mol. The highest BCUT2D eigenvalue weighted by Crippen LogP contribution is 2.16. The van der Waals surface area contributed by atoms with Gasteiger partial charge in [0.05, 0.1) is 12.2 Å². The van der Waals surface area contributed by atoms with Gasteiger partial charge in [-0.2, -0.15) is 0 Å². The van der Waals surface area contributed by atoms with Gasteiger partial charge in [0.2, 0.25) is 5.91 Å². The zero-order valence-corrected chi connectivity index (χ0v) is 11.8. The second-order valence-electron chi connectivity index (χ2n) is 4.82. The summed E-state index contributed by atoms with van der Waals surface area (Å²) in [6.45, 7) is 3.79. The molecule has 0 radical (unpaired) electrons. The molecule has 0 saturated carbocycles. The lowest BCUT2D eigenvalue weighted by Gasteiger charge is -2.10. The number of anilines is 2. The highest BCUT2D eigenvalue weighted by atomic mass is 19.1. The first kappa shape index (κ1) is 15.0. The Balaban J connectivity index is 1.95. The molecule has 0 unspecified atom stereocenters. The van der Waals surface area contributed by atoms with Crippen LogP contribution in [0.25, 0.3) is 0 Å². The van der Waals surface area contributed by atoms with Gasteiger partial charge in [-0.05, 0) is 55.3 Å². The van der Waals surface area contributed by atoms with Crippen molar-refractivity contribution in [3.63, 3.8) is 0 Å². The highest BCUT2D eigenvalue weighted by molar-refractivity contribution is 5.93. The summed E-state index contributed by atoms with van der Waals surface area (Å²) >= 11 is 0. The lowest BCUT2D eigenvalue weighted by atomic mass is 10.1. The molecule has 21 heavy (non-hydrogen) atoms. The molecule has 0 bridgehead atoms. The standard InChI is InChI=1S/C16H16F2N2O/c1-10-3-5-13(7-11(10)2)20-16(21)9-19-15-8-12(17)4-6-14(15)18/h3-8,19H,9H2,1-2H3,(H,20,21). The average molecular weight is 290 g/mol.